The fourth-order valence-corrected chi connectivity index (χ4v) is 0.936. The molecule has 0 saturated carbocycles. The van der Waals surface area contributed by atoms with Gasteiger partial charge in [-0.2, -0.15) is 0 Å². The Bertz CT molecular complexity index is 325. The number of methoxy groups -OCH3 is 1. The second-order valence-corrected chi connectivity index (χ2v) is 2.46. The van der Waals surface area contributed by atoms with Crippen LogP contribution in [0.4, 0.5) is 0 Å². The zero-order valence-corrected chi connectivity index (χ0v) is 7.51. The van der Waals surface area contributed by atoms with Crippen LogP contribution < -0.4 is 4.65 Å². The molecule has 0 aliphatic rings. The van der Waals surface area contributed by atoms with Gasteiger partial charge in [-0.05, 0) is 18.2 Å². The SMILES string of the molecule is COC(=O)c1cccc(OB(O)O)c1. The molecule has 0 saturated heterocycles. The highest BCUT2D eigenvalue weighted by atomic mass is 16.6. The van der Waals surface area contributed by atoms with E-state index < -0.39 is 13.3 Å². The van der Waals surface area contributed by atoms with Crippen LogP contribution in [0, 0.1) is 0 Å². The average molecular weight is 196 g/mol. The van der Waals surface area contributed by atoms with Crippen LogP contribution in [0.5, 0.6) is 5.75 Å². The Morgan fingerprint density at radius 3 is 2.71 bits per heavy atom. The topological polar surface area (TPSA) is 76.0 Å². The van der Waals surface area contributed by atoms with Gasteiger partial charge in [0, 0.05) is 0 Å². The Morgan fingerprint density at radius 1 is 1.43 bits per heavy atom. The molecular weight excluding hydrogens is 187 g/mol. The minimum Gasteiger partial charge on any atom is -0.512 e. The molecule has 0 bridgehead atoms. The highest BCUT2D eigenvalue weighted by Gasteiger charge is 2.12. The first-order valence-electron chi connectivity index (χ1n) is 3.84. The quantitative estimate of drug-likeness (QED) is 0.518. The first kappa shape index (κ1) is 10.6. The lowest BCUT2D eigenvalue weighted by Crippen LogP contribution is -2.20. The molecule has 0 radical (unpaired) electrons. The molecule has 6 heteroatoms. The van der Waals surface area contributed by atoms with E-state index in [1.807, 2.05) is 0 Å². The molecule has 0 aliphatic carbocycles. The number of hydrogen-bond acceptors (Lipinski definition) is 5. The van der Waals surface area contributed by atoms with Crippen molar-refractivity contribution in [1.82, 2.24) is 0 Å². The van der Waals surface area contributed by atoms with Crippen LogP contribution in [0.2, 0.25) is 0 Å². The lowest BCUT2D eigenvalue weighted by Gasteiger charge is -2.05. The van der Waals surface area contributed by atoms with E-state index in [-0.39, 0.29) is 11.3 Å². The Hall–Kier alpha value is -1.53. The van der Waals surface area contributed by atoms with Crippen LogP contribution in [-0.2, 0) is 4.74 Å². The standard InChI is InChI=1S/C8H9BO5/c1-13-8(10)6-3-2-4-7(5-6)14-9(11)12/h2-5,11-12H,1H3. The summed E-state index contributed by atoms with van der Waals surface area (Å²) in [5.41, 5.74) is 0.283. The molecule has 0 heterocycles. The minimum atomic E-state index is -1.90. The molecule has 0 aromatic heterocycles. The summed E-state index contributed by atoms with van der Waals surface area (Å²) in [5, 5.41) is 17.0. The maximum Gasteiger partial charge on any atom is 0.707 e. The maximum absolute atomic E-state index is 11.0. The number of benzene rings is 1. The van der Waals surface area contributed by atoms with E-state index in [4.69, 9.17) is 10.0 Å². The fourth-order valence-electron chi connectivity index (χ4n) is 0.936. The molecule has 0 fully saturated rings. The van der Waals surface area contributed by atoms with Crippen LogP contribution in [0.25, 0.3) is 0 Å². The van der Waals surface area contributed by atoms with Gasteiger partial charge >= 0.3 is 13.3 Å². The summed E-state index contributed by atoms with van der Waals surface area (Å²) in [7, 11) is -0.639. The molecule has 0 atom stereocenters. The summed E-state index contributed by atoms with van der Waals surface area (Å²) in [6.45, 7) is 0. The third-order valence-electron chi connectivity index (χ3n) is 1.50. The normalized spacial score (nSPS) is 9.36. The van der Waals surface area contributed by atoms with Gasteiger partial charge in [-0.3, -0.25) is 0 Å². The van der Waals surface area contributed by atoms with Gasteiger partial charge in [0.25, 0.3) is 0 Å². The third-order valence-corrected chi connectivity index (χ3v) is 1.50. The van der Waals surface area contributed by atoms with E-state index in [9.17, 15) is 4.79 Å². The van der Waals surface area contributed by atoms with Gasteiger partial charge in [0.2, 0.25) is 0 Å². The van der Waals surface area contributed by atoms with Crippen molar-refractivity contribution < 1.29 is 24.2 Å². The molecular formula is C8H9BO5. The summed E-state index contributed by atoms with van der Waals surface area (Å²) in [6, 6.07) is 5.92. The van der Waals surface area contributed by atoms with E-state index in [0.717, 1.165) is 0 Å². The van der Waals surface area contributed by atoms with Crippen molar-refractivity contribution >= 4 is 13.3 Å². The van der Waals surface area contributed by atoms with Crippen molar-refractivity contribution in [1.29, 1.82) is 0 Å². The molecule has 0 unspecified atom stereocenters. The van der Waals surface area contributed by atoms with Crippen molar-refractivity contribution in [3.05, 3.63) is 29.8 Å². The average Bonchev–Trinajstić information content (AvgIpc) is 2.16. The zero-order chi connectivity index (χ0) is 10.6. The van der Waals surface area contributed by atoms with Crippen molar-refractivity contribution in [2.24, 2.45) is 0 Å². The van der Waals surface area contributed by atoms with Gasteiger partial charge in [0.1, 0.15) is 5.75 Å². The van der Waals surface area contributed by atoms with Crippen LogP contribution in [-0.4, -0.2) is 30.4 Å². The second kappa shape index (κ2) is 4.64. The molecule has 0 amide bonds. The molecule has 1 aromatic carbocycles. The predicted molar refractivity (Wildman–Crippen MR) is 48.6 cm³/mol. The van der Waals surface area contributed by atoms with E-state index in [1.165, 1.54) is 25.3 Å². The number of carbonyl (C=O) groups is 1. The lowest BCUT2D eigenvalue weighted by molar-refractivity contribution is 0.0600. The van der Waals surface area contributed by atoms with Crippen molar-refractivity contribution in [3.63, 3.8) is 0 Å². The van der Waals surface area contributed by atoms with Crippen LogP contribution >= 0.6 is 0 Å². The summed E-state index contributed by atoms with van der Waals surface area (Å²) >= 11 is 0. The van der Waals surface area contributed by atoms with Crippen LogP contribution in [0.15, 0.2) is 24.3 Å². The highest BCUT2D eigenvalue weighted by Crippen LogP contribution is 2.13. The summed E-state index contributed by atoms with van der Waals surface area (Å²) in [5.74, 6) is -0.328. The van der Waals surface area contributed by atoms with Gasteiger partial charge in [0.05, 0.1) is 12.7 Å². The third kappa shape index (κ3) is 2.76. The zero-order valence-electron chi connectivity index (χ0n) is 7.51. The van der Waals surface area contributed by atoms with E-state index in [0.29, 0.717) is 0 Å². The molecule has 5 nitrogen and oxygen atoms in total. The molecule has 1 rings (SSSR count). The van der Waals surface area contributed by atoms with E-state index >= 15 is 0 Å². The number of ether oxygens (including phenoxy) is 1. The van der Waals surface area contributed by atoms with E-state index in [2.05, 4.69) is 9.39 Å². The van der Waals surface area contributed by atoms with Crippen molar-refractivity contribution in [2.45, 2.75) is 0 Å². The molecule has 2 N–H and O–H groups in total. The summed E-state index contributed by atoms with van der Waals surface area (Å²) in [6.07, 6.45) is 0. The van der Waals surface area contributed by atoms with Crippen molar-refractivity contribution in [3.8, 4) is 5.75 Å². The number of carbonyl (C=O) groups excluding carboxylic acids is 1. The molecule has 0 aliphatic heterocycles. The number of esters is 1. The van der Waals surface area contributed by atoms with Gasteiger partial charge < -0.3 is 19.4 Å². The Kier molecular flexibility index (Phi) is 3.50. The molecule has 14 heavy (non-hydrogen) atoms. The van der Waals surface area contributed by atoms with Gasteiger partial charge in [-0.25, -0.2) is 4.79 Å². The summed E-state index contributed by atoms with van der Waals surface area (Å²) in [4.78, 5) is 11.0. The van der Waals surface area contributed by atoms with E-state index in [1.54, 1.807) is 6.07 Å². The Balaban J connectivity index is 2.84. The van der Waals surface area contributed by atoms with Crippen LogP contribution in [0.1, 0.15) is 10.4 Å². The summed E-state index contributed by atoms with van der Waals surface area (Å²) < 4.78 is 9.03. The van der Waals surface area contributed by atoms with Gasteiger partial charge in [0.15, 0.2) is 0 Å². The lowest BCUT2D eigenvalue weighted by atomic mass is 10.2. The van der Waals surface area contributed by atoms with Crippen LogP contribution in [0.3, 0.4) is 0 Å². The largest absolute Gasteiger partial charge is 0.707 e. The predicted octanol–water partition coefficient (Wildman–Crippen LogP) is -0.179. The monoisotopic (exact) mass is 196 g/mol. The van der Waals surface area contributed by atoms with Gasteiger partial charge in [-0.15, -0.1) is 0 Å². The molecule has 74 valence electrons. The fraction of sp³-hybridized carbons (Fsp3) is 0.125. The first-order chi connectivity index (χ1) is 6.63. The maximum atomic E-state index is 11.0. The second-order valence-electron chi connectivity index (χ2n) is 2.46. The Morgan fingerprint density at radius 2 is 2.14 bits per heavy atom. The first-order valence-corrected chi connectivity index (χ1v) is 3.84. The van der Waals surface area contributed by atoms with Gasteiger partial charge in [-0.1, -0.05) is 6.07 Å². The Labute approximate surface area is 81.1 Å². The highest BCUT2D eigenvalue weighted by molar-refractivity contribution is 6.33. The molecule has 1 aromatic rings. The minimum absolute atomic E-state index is 0.183. The number of hydrogen-bond donors (Lipinski definition) is 2. The smallest absolute Gasteiger partial charge is 0.512 e. The van der Waals surface area contributed by atoms with Crippen molar-refractivity contribution in [2.75, 3.05) is 7.11 Å². The molecule has 0 spiro atoms. The number of rotatable bonds is 3.